The van der Waals surface area contributed by atoms with Crippen LogP contribution < -0.4 is 5.32 Å². The minimum absolute atomic E-state index is 0.848. The Morgan fingerprint density at radius 3 is 1.67 bits per heavy atom. The van der Waals surface area contributed by atoms with Gasteiger partial charge in [-0.15, -0.1) is 0 Å². The van der Waals surface area contributed by atoms with E-state index in [2.05, 4.69) is 19.2 Å². The molecule has 0 saturated heterocycles. The summed E-state index contributed by atoms with van der Waals surface area (Å²) in [6.45, 7) is 4.68. The van der Waals surface area contributed by atoms with E-state index in [0.29, 0.717) is 0 Å². The molecule has 0 atom stereocenters. The average molecular weight is 251 g/mol. The van der Waals surface area contributed by atoms with E-state index in [4.69, 9.17) is 0 Å². The first-order valence-electron chi connectivity index (χ1n) is 8.57. The zero-order valence-electron chi connectivity index (χ0n) is 12.6. The molecule has 106 valence electrons. The van der Waals surface area contributed by atoms with E-state index in [1.165, 1.54) is 70.6 Å². The third kappa shape index (κ3) is 4.26. The van der Waals surface area contributed by atoms with Crippen LogP contribution in [-0.4, -0.2) is 12.1 Å². The third-order valence-corrected chi connectivity index (χ3v) is 5.44. The molecule has 2 saturated carbocycles. The van der Waals surface area contributed by atoms with Gasteiger partial charge in [0.1, 0.15) is 0 Å². The van der Waals surface area contributed by atoms with Crippen molar-refractivity contribution in [3.8, 4) is 0 Å². The van der Waals surface area contributed by atoms with Crippen LogP contribution in [0.2, 0.25) is 0 Å². The van der Waals surface area contributed by atoms with Crippen LogP contribution in [0.25, 0.3) is 0 Å². The molecule has 2 aliphatic carbocycles. The lowest BCUT2D eigenvalue weighted by molar-refractivity contribution is 0.223. The Balaban J connectivity index is 1.63. The van der Waals surface area contributed by atoms with Gasteiger partial charge in [0.25, 0.3) is 0 Å². The first kappa shape index (κ1) is 14.4. The van der Waals surface area contributed by atoms with Gasteiger partial charge < -0.3 is 5.32 Å². The molecule has 0 bridgehead atoms. The summed E-state index contributed by atoms with van der Waals surface area (Å²) in [6, 6.07) is 1.70. The van der Waals surface area contributed by atoms with Gasteiger partial charge in [-0.25, -0.2) is 0 Å². The fourth-order valence-electron chi connectivity index (χ4n) is 4.10. The maximum Gasteiger partial charge on any atom is 0.00698 e. The molecule has 0 aromatic rings. The SMILES string of the molecule is CCCC1CCC(NC2CCC(CC)CC2)CC1. The molecule has 0 amide bonds. The minimum atomic E-state index is 0.848. The van der Waals surface area contributed by atoms with E-state index in [-0.39, 0.29) is 0 Å². The zero-order chi connectivity index (χ0) is 12.8. The summed E-state index contributed by atoms with van der Waals surface area (Å²) in [5.41, 5.74) is 0. The second-order valence-electron chi connectivity index (χ2n) is 6.80. The van der Waals surface area contributed by atoms with Crippen LogP contribution in [0.4, 0.5) is 0 Å². The minimum Gasteiger partial charge on any atom is -0.311 e. The fraction of sp³-hybridized carbons (Fsp3) is 1.00. The predicted octanol–water partition coefficient (Wildman–Crippen LogP) is 4.90. The van der Waals surface area contributed by atoms with Gasteiger partial charge in [0.15, 0.2) is 0 Å². The lowest BCUT2D eigenvalue weighted by atomic mass is 9.81. The van der Waals surface area contributed by atoms with Gasteiger partial charge in [-0.05, 0) is 63.2 Å². The van der Waals surface area contributed by atoms with Gasteiger partial charge in [0.05, 0.1) is 0 Å². The van der Waals surface area contributed by atoms with E-state index in [1.54, 1.807) is 0 Å². The highest BCUT2D eigenvalue weighted by atomic mass is 15.0. The van der Waals surface area contributed by atoms with Crippen LogP contribution in [0.15, 0.2) is 0 Å². The summed E-state index contributed by atoms with van der Waals surface area (Å²) < 4.78 is 0. The van der Waals surface area contributed by atoms with Crippen LogP contribution in [0.1, 0.15) is 84.5 Å². The number of hydrogen-bond donors (Lipinski definition) is 1. The summed E-state index contributed by atoms with van der Waals surface area (Å²) in [4.78, 5) is 0. The van der Waals surface area contributed by atoms with Crippen molar-refractivity contribution >= 4 is 0 Å². The lowest BCUT2D eigenvalue weighted by Gasteiger charge is -2.35. The van der Waals surface area contributed by atoms with Crippen molar-refractivity contribution in [2.24, 2.45) is 11.8 Å². The van der Waals surface area contributed by atoms with E-state index in [1.807, 2.05) is 0 Å². The van der Waals surface area contributed by atoms with Gasteiger partial charge in [-0.3, -0.25) is 0 Å². The van der Waals surface area contributed by atoms with E-state index >= 15 is 0 Å². The Kier molecular flexibility index (Phi) is 6.01. The Bertz CT molecular complexity index is 210. The first-order chi connectivity index (χ1) is 8.81. The van der Waals surface area contributed by atoms with Crippen molar-refractivity contribution in [3.63, 3.8) is 0 Å². The fourth-order valence-corrected chi connectivity index (χ4v) is 4.10. The molecule has 1 heteroatoms. The molecule has 0 aromatic heterocycles. The average Bonchev–Trinajstić information content (AvgIpc) is 2.42. The Hall–Kier alpha value is -0.0400. The second kappa shape index (κ2) is 7.53. The van der Waals surface area contributed by atoms with Gasteiger partial charge in [0.2, 0.25) is 0 Å². The number of rotatable bonds is 5. The number of nitrogens with one attached hydrogen (secondary N) is 1. The topological polar surface area (TPSA) is 12.0 Å². The smallest absolute Gasteiger partial charge is 0.00698 e. The van der Waals surface area contributed by atoms with Crippen LogP contribution in [-0.2, 0) is 0 Å². The standard InChI is InChI=1S/C17H33N/c1-3-5-15-8-12-17(13-9-15)18-16-10-6-14(4-2)7-11-16/h14-18H,3-13H2,1-2H3. The van der Waals surface area contributed by atoms with Crippen molar-refractivity contribution < 1.29 is 0 Å². The zero-order valence-corrected chi connectivity index (χ0v) is 12.6. The normalized spacial score (nSPS) is 37.7. The molecule has 1 nitrogen and oxygen atoms in total. The summed E-state index contributed by atoms with van der Waals surface area (Å²) in [7, 11) is 0. The molecule has 0 aliphatic heterocycles. The molecule has 1 N–H and O–H groups in total. The molecule has 0 unspecified atom stereocenters. The summed E-state index contributed by atoms with van der Waals surface area (Å²) >= 11 is 0. The Morgan fingerprint density at radius 1 is 0.722 bits per heavy atom. The lowest BCUT2D eigenvalue weighted by Crippen LogP contribution is -2.42. The third-order valence-electron chi connectivity index (χ3n) is 5.44. The molecule has 18 heavy (non-hydrogen) atoms. The molecule has 2 fully saturated rings. The summed E-state index contributed by atoms with van der Waals surface area (Å²) in [6.07, 6.45) is 15.9. The molecule has 2 aliphatic rings. The van der Waals surface area contributed by atoms with Gasteiger partial charge >= 0.3 is 0 Å². The summed E-state index contributed by atoms with van der Waals surface area (Å²) in [5, 5.41) is 3.97. The van der Waals surface area contributed by atoms with Gasteiger partial charge in [-0.2, -0.15) is 0 Å². The van der Waals surface area contributed by atoms with E-state index < -0.39 is 0 Å². The van der Waals surface area contributed by atoms with Crippen LogP contribution in [0.5, 0.6) is 0 Å². The van der Waals surface area contributed by atoms with Gasteiger partial charge in [-0.1, -0.05) is 33.1 Å². The highest BCUT2D eigenvalue weighted by Gasteiger charge is 2.25. The quantitative estimate of drug-likeness (QED) is 0.732. The molecule has 0 spiro atoms. The molecule has 0 radical (unpaired) electrons. The molecule has 0 heterocycles. The molecule has 2 rings (SSSR count). The molecular weight excluding hydrogens is 218 g/mol. The van der Waals surface area contributed by atoms with Crippen LogP contribution in [0, 0.1) is 11.8 Å². The molecular formula is C17H33N. The van der Waals surface area contributed by atoms with E-state index in [0.717, 1.165) is 23.9 Å². The first-order valence-corrected chi connectivity index (χ1v) is 8.57. The van der Waals surface area contributed by atoms with Crippen LogP contribution in [0.3, 0.4) is 0 Å². The Labute approximate surface area is 114 Å². The van der Waals surface area contributed by atoms with E-state index in [9.17, 15) is 0 Å². The number of hydrogen-bond acceptors (Lipinski definition) is 1. The van der Waals surface area contributed by atoms with Crippen molar-refractivity contribution in [1.29, 1.82) is 0 Å². The van der Waals surface area contributed by atoms with Crippen molar-refractivity contribution in [2.45, 2.75) is 96.6 Å². The highest BCUT2D eigenvalue weighted by molar-refractivity contribution is 4.83. The Morgan fingerprint density at radius 2 is 1.22 bits per heavy atom. The monoisotopic (exact) mass is 251 g/mol. The van der Waals surface area contributed by atoms with Crippen LogP contribution >= 0.6 is 0 Å². The van der Waals surface area contributed by atoms with Crippen molar-refractivity contribution in [1.82, 2.24) is 5.32 Å². The molecule has 0 aromatic carbocycles. The maximum absolute atomic E-state index is 3.97. The van der Waals surface area contributed by atoms with Crippen molar-refractivity contribution in [2.75, 3.05) is 0 Å². The maximum atomic E-state index is 3.97. The van der Waals surface area contributed by atoms with Gasteiger partial charge in [0, 0.05) is 12.1 Å². The predicted molar refractivity (Wildman–Crippen MR) is 79.8 cm³/mol. The summed E-state index contributed by atoms with van der Waals surface area (Å²) in [5.74, 6) is 2.08. The largest absolute Gasteiger partial charge is 0.311 e. The second-order valence-corrected chi connectivity index (χ2v) is 6.80. The van der Waals surface area contributed by atoms with Crippen molar-refractivity contribution in [3.05, 3.63) is 0 Å². The highest BCUT2D eigenvalue weighted by Crippen LogP contribution is 2.30.